The topological polar surface area (TPSA) is 42.0 Å². The number of hydrogen-bond donors (Lipinski definition) is 1. The van der Waals surface area contributed by atoms with Crippen molar-refractivity contribution in [3.05, 3.63) is 29.0 Å². The molecule has 0 saturated heterocycles. The average Bonchev–Trinajstić information content (AvgIpc) is 2.25. The molecule has 0 saturated carbocycles. The molecule has 0 fully saturated rings. The Balaban J connectivity index is 2.57. The number of amides is 1. The van der Waals surface area contributed by atoms with Crippen molar-refractivity contribution in [1.82, 2.24) is 10.3 Å². The van der Waals surface area contributed by atoms with Crippen molar-refractivity contribution in [2.45, 2.75) is 20.8 Å². The highest BCUT2D eigenvalue weighted by Gasteiger charge is 2.12. The number of carbonyl (C=O) groups is 1. The van der Waals surface area contributed by atoms with E-state index in [9.17, 15) is 4.79 Å². The SMILES string of the molecule is CC(C)C(C)CNC(=O)c1cnccc1Cl. The van der Waals surface area contributed by atoms with Gasteiger partial charge in [-0.25, -0.2) is 0 Å². The second kappa shape index (κ2) is 5.85. The molecule has 0 aromatic carbocycles. The summed E-state index contributed by atoms with van der Waals surface area (Å²) in [4.78, 5) is 15.6. The molecule has 1 heterocycles. The van der Waals surface area contributed by atoms with Crippen LogP contribution in [-0.2, 0) is 0 Å². The minimum absolute atomic E-state index is 0.161. The van der Waals surface area contributed by atoms with Gasteiger partial charge in [-0.15, -0.1) is 0 Å². The molecule has 1 N–H and O–H groups in total. The number of rotatable bonds is 4. The first-order chi connectivity index (χ1) is 7.52. The third kappa shape index (κ3) is 3.49. The maximum absolute atomic E-state index is 11.8. The number of pyridine rings is 1. The summed E-state index contributed by atoms with van der Waals surface area (Å²) in [5.74, 6) is 0.828. The molecule has 1 unspecified atom stereocenters. The molecule has 16 heavy (non-hydrogen) atoms. The van der Waals surface area contributed by atoms with Crippen molar-refractivity contribution >= 4 is 17.5 Å². The lowest BCUT2D eigenvalue weighted by Crippen LogP contribution is -2.30. The first-order valence-electron chi connectivity index (χ1n) is 5.40. The van der Waals surface area contributed by atoms with E-state index in [2.05, 4.69) is 31.1 Å². The van der Waals surface area contributed by atoms with Crippen molar-refractivity contribution in [3.8, 4) is 0 Å². The fourth-order valence-corrected chi connectivity index (χ4v) is 1.32. The van der Waals surface area contributed by atoms with Crippen LogP contribution in [0.15, 0.2) is 18.5 Å². The summed E-state index contributed by atoms with van der Waals surface area (Å²) in [5, 5.41) is 3.29. The van der Waals surface area contributed by atoms with Crippen molar-refractivity contribution in [3.63, 3.8) is 0 Å². The maximum Gasteiger partial charge on any atom is 0.254 e. The zero-order valence-corrected chi connectivity index (χ0v) is 10.6. The molecule has 0 radical (unpaired) electrons. The van der Waals surface area contributed by atoms with Crippen molar-refractivity contribution in [1.29, 1.82) is 0 Å². The van der Waals surface area contributed by atoms with E-state index in [1.54, 1.807) is 12.3 Å². The highest BCUT2D eigenvalue weighted by molar-refractivity contribution is 6.33. The summed E-state index contributed by atoms with van der Waals surface area (Å²) in [5.41, 5.74) is 0.431. The number of hydrogen-bond acceptors (Lipinski definition) is 2. The molecule has 3 nitrogen and oxygen atoms in total. The summed E-state index contributed by atoms with van der Waals surface area (Å²) in [6.07, 6.45) is 3.05. The van der Waals surface area contributed by atoms with Crippen LogP contribution in [0.1, 0.15) is 31.1 Å². The smallest absolute Gasteiger partial charge is 0.254 e. The summed E-state index contributed by atoms with van der Waals surface area (Å²) >= 11 is 5.90. The molecule has 0 aliphatic carbocycles. The van der Waals surface area contributed by atoms with Gasteiger partial charge in [-0.2, -0.15) is 0 Å². The van der Waals surface area contributed by atoms with Crippen molar-refractivity contribution in [2.24, 2.45) is 11.8 Å². The average molecular weight is 241 g/mol. The van der Waals surface area contributed by atoms with E-state index in [0.717, 1.165) is 0 Å². The maximum atomic E-state index is 11.8. The lowest BCUT2D eigenvalue weighted by Gasteiger charge is -2.16. The fourth-order valence-electron chi connectivity index (χ4n) is 1.13. The van der Waals surface area contributed by atoms with E-state index >= 15 is 0 Å². The van der Waals surface area contributed by atoms with Crippen LogP contribution in [-0.4, -0.2) is 17.4 Å². The summed E-state index contributed by atoms with van der Waals surface area (Å²) in [6, 6.07) is 1.61. The number of nitrogens with one attached hydrogen (secondary N) is 1. The predicted octanol–water partition coefficient (Wildman–Crippen LogP) is 2.76. The Morgan fingerprint density at radius 2 is 2.19 bits per heavy atom. The van der Waals surface area contributed by atoms with E-state index < -0.39 is 0 Å². The van der Waals surface area contributed by atoms with E-state index in [0.29, 0.717) is 29.0 Å². The number of carbonyl (C=O) groups excluding carboxylic acids is 1. The van der Waals surface area contributed by atoms with Crippen LogP contribution in [0, 0.1) is 11.8 Å². The molecule has 88 valence electrons. The molecular formula is C12H17ClN2O. The van der Waals surface area contributed by atoms with Crippen molar-refractivity contribution in [2.75, 3.05) is 6.54 Å². The Hall–Kier alpha value is -1.09. The van der Waals surface area contributed by atoms with Gasteiger partial charge in [0.25, 0.3) is 5.91 Å². The Morgan fingerprint density at radius 3 is 2.75 bits per heavy atom. The second-order valence-corrected chi connectivity index (χ2v) is 4.69. The Bertz CT molecular complexity index is 366. The third-order valence-corrected chi connectivity index (χ3v) is 3.06. The molecule has 0 spiro atoms. The summed E-state index contributed by atoms with van der Waals surface area (Å²) in [7, 11) is 0. The standard InChI is InChI=1S/C12H17ClN2O/c1-8(2)9(3)6-15-12(16)10-7-14-5-4-11(10)13/h4-5,7-9H,6H2,1-3H3,(H,15,16). The van der Waals surface area contributed by atoms with Gasteiger partial charge in [0.2, 0.25) is 0 Å². The Morgan fingerprint density at radius 1 is 1.50 bits per heavy atom. The minimum atomic E-state index is -0.161. The largest absolute Gasteiger partial charge is 0.352 e. The molecule has 0 aliphatic heterocycles. The van der Waals surface area contributed by atoms with Crippen LogP contribution in [0.3, 0.4) is 0 Å². The zero-order chi connectivity index (χ0) is 12.1. The molecule has 1 rings (SSSR count). The Kier molecular flexibility index (Phi) is 4.74. The molecule has 4 heteroatoms. The molecule has 1 aromatic rings. The molecular weight excluding hydrogens is 224 g/mol. The Labute approximate surface area is 101 Å². The van der Waals surface area contributed by atoms with E-state index in [1.807, 2.05) is 0 Å². The summed E-state index contributed by atoms with van der Waals surface area (Å²) < 4.78 is 0. The van der Waals surface area contributed by atoms with Crippen LogP contribution in [0.25, 0.3) is 0 Å². The predicted molar refractivity (Wildman–Crippen MR) is 65.6 cm³/mol. The second-order valence-electron chi connectivity index (χ2n) is 4.29. The number of aromatic nitrogens is 1. The first-order valence-corrected chi connectivity index (χ1v) is 5.78. The quantitative estimate of drug-likeness (QED) is 0.879. The number of nitrogens with zero attached hydrogens (tertiary/aromatic N) is 1. The summed E-state index contributed by atoms with van der Waals surface area (Å²) in [6.45, 7) is 7.03. The van der Waals surface area contributed by atoms with Crippen LogP contribution < -0.4 is 5.32 Å². The van der Waals surface area contributed by atoms with Gasteiger partial charge >= 0.3 is 0 Å². The van der Waals surface area contributed by atoms with Crippen LogP contribution >= 0.6 is 11.6 Å². The first kappa shape index (κ1) is 13.0. The zero-order valence-electron chi connectivity index (χ0n) is 9.83. The highest BCUT2D eigenvalue weighted by atomic mass is 35.5. The lowest BCUT2D eigenvalue weighted by molar-refractivity contribution is 0.0944. The molecule has 0 bridgehead atoms. The number of halogens is 1. The van der Waals surface area contributed by atoms with Gasteiger partial charge in [-0.1, -0.05) is 32.4 Å². The van der Waals surface area contributed by atoms with E-state index in [-0.39, 0.29) is 5.91 Å². The van der Waals surface area contributed by atoms with Gasteiger partial charge in [0, 0.05) is 18.9 Å². The van der Waals surface area contributed by atoms with Gasteiger partial charge in [0.15, 0.2) is 0 Å². The van der Waals surface area contributed by atoms with Gasteiger partial charge in [0.05, 0.1) is 10.6 Å². The molecule has 1 aromatic heterocycles. The van der Waals surface area contributed by atoms with Gasteiger partial charge in [0.1, 0.15) is 0 Å². The molecule has 1 amide bonds. The fraction of sp³-hybridized carbons (Fsp3) is 0.500. The molecule has 1 atom stereocenters. The van der Waals surface area contributed by atoms with Crippen molar-refractivity contribution < 1.29 is 4.79 Å². The molecule has 0 aliphatic rings. The highest BCUT2D eigenvalue weighted by Crippen LogP contribution is 2.13. The minimum Gasteiger partial charge on any atom is -0.352 e. The van der Waals surface area contributed by atoms with Crippen LogP contribution in [0.2, 0.25) is 5.02 Å². The normalized spacial score (nSPS) is 12.6. The lowest BCUT2D eigenvalue weighted by atomic mass is 9.98. The third-order valence-electron chi connectivity index (χ3n) is 2.74. The van der Waals surface area contributed by atoms with E-state index in [4.69, 9.17) is 11.6 Å². The monoisotopic (exact) mass is 240 g/mol. The van der Waals surface area contributed by atoms with Crippen LogP contribution in [0.5, 0.6) is 0 Å². The van der Waals surface area contributed by atoms with E-state index in [1.165, 1.54) is 6.20 Å². The van der Waals surface area contributed by atoms with Gasteiger partial charge < -0.3 is 5.32 Å². The van der Waals surface area contributed by atoms with Crippen LogP contribution in [0.4, 0.5) is 0 Å². The van der Waals surface area contributed by atoms with Gasteiger partial charge in [-0.05, 0) is 17.9 Å². The van der Waals surface area contributed by atoms with Gasteiger partial charge in [-0.3, -0.25) is 9.78 Å².